The van der Waals surface area contributed by atoms with Crippen LogP contribution in [0.2, 0.25) is 0 Å². The highest BCUT2D eigenvalue weighted by molar-refractivity contribution is 7.11. The normalized spacial score (nSPS) is 13.6. The van der Waals surface area contributed by atoms with Crippen LogP contribution < -0.4 is 17.2 Å². The number of nitrogens with two attached hydrogens (primary N) is 3. The number of hydrogen-bond donors (Lipinski definition) is 3. The third-order valence-corrected chi connectivity index (χ3v) is 2.70. The highest BCUT2D eigenvalue weighted by Crippen LogP contribution is 2.22. The maximum absolute atomic E-state index is 5.51. The van der Waals surface area contributed by atoms with Crippen molar-refractivity contribution in [2.75, 3.05) is 0 Å². The Labute approximate surface area is 91.9 Å². The average Bonchev–Trinajstić information content (AvgIpc) is 2.49. The molecule has 0 amide bonds. The first kappa shape index (κ1) is 11.4. The summed E-state index contributed by atoms with van der Waals surface area (Å²) in [5.74, 6) is -0.0162. The minimum Gasteiger partial charge on any atom is -0.370 e. The molecule has 82 valence electrons. The van der Waals surface area contributed by atoms with Crippen molar-refractivity contribution in [1.29, 1.82) is 0 Å². The van der Waals surface area contributed by atoms with Gasteiger partial charge < -0.3 is 17.2 Å². The van der Waals surface area contributed by atoms with Crippen LogP contribution in [0.15, 0.2) is 16.2 Å². The number of aliphatic imine (C=N–C) groups is 2. The molecule has 0 fully saturated rings. The molecule has 0 aliphatic heterocycles. The van der Waals surface area contributed by atoms with Crippen molar-refractivity contribution >= 4 is 23.3 Å². The van der Waals surface area contributed by atoms with Crippen LogP contribution in [0.1, 0.15) is 22.9 Å². The van der Waals surface area contributed by atoms with Crippen LogP contribution in [0.25, 0.3) is 0 Å². The third-order valence-electron chi connectivity index (χ3n) is 1.62. The van der Waals surface area contributed by atoms with E-state index in [1.165, 1.54) is 0 Å². The highest BCUT2D eigenvalue weighted by atomic mass is 32.1. The zero-order valence-corrected chi connectivity index (χ0v) is 9.45. The van der Waals surface area contributed by atoms with Crippen molar-refractivity contribution < 1.29 is 0 Å². The fraction of sp³-hybridized carbons (Fsp3) is 0.375. The molecule has 0 radical (unpaired) electrons. The molecule has 0 bridgehead atoms. The van der Waals surface area contributed by atoms with Crippen molar-refractivity contribution in [1.82, 2.24) is 4.98 Å². The molecule has 7 heteroatoms. The van der Waals surface area contributed by atoms with E-state index in [0.29, 0.717) is 0 Å². The van der Waals surface area contributed by atoms with Crippen molar-refractivity contribution in [3.63, 3.8) is 0 Å². The molecule has 0 spiro atoms. The van der Waals surface area contributed by atoms with Gasteiger partial charge in [0.05, 0.1) is 11.0 Å². The Bertz CT molecular complexity index is 390. The molecule has 0 saturated carbocycles. The Morgan fingerprint density at radius 3 is 2.60 bits per heavy atom. The predicted octanol–water partition coefficient (Wildman–Crippen LogP) is 0.101. The lowest BCUT2D eigenvalue weighted by Crippen LogP contribution is -2.26. The number of aromatic nitrogens is 1. The molecule has 1 aromatic rings. The topological polar surface area (TPSA) is 116 Å². The van der Waals surface area contributed by atoms with E-state index in [9.17, 15) is 0 Å². The molecule has 1 aromatic heterocycles. The van der Waals surface area contributed by atoms with E-state index in [-0.39, 0.29) is 18.0 Å². The molecule has 15 heavy (non-hydrogen) atoms. The lowest BCUT2D eigenvalue weighted by molar-refractivity contribution is 0.832. The summed E-state index contributed by atoms with van der Waals surface area (Å²) in [6, 6.07) is -0.0840. The molecule has 1 unspecified atom stereocenters. The first-order valence-electron chi connectivity index (χ1n) is 4.34. The second-order valence-corrected chi connectivity index (χ2v) is 4.25. The maximum atomic E-state index is 5.51. The minimum absolute atomic E-state index is 0.0774. The summed E-state index contributed by atoms with van der Waals surface area (Å²) in [7, 11) is 0. The summed E-state index contributed by atoms with van der Waals surface area (Å²) < 4.78 is 0. The number of thiazole rings is 1. The predicted molar refractivity (Wildman–Crippen MR) is 62.7 cm³/mol. The van der Waals surface area contributed by atoms with E-state index in [1.54, 1.807) is 17.5 Å². The van der Waals surface area contributed by atoms with E-state index < -0.39 is 0 Å². The van der Waals surface area contributed by atoms with E-state index in [0.717, 1.165) is 9.88 Å². The Hall–Kier alpha value is -1.63. The zero-order chi connectivity index (χ0) is 11.4. The van der Waals surface area contributed by atoms with Gasteiger partial charge in [-0.15, -0.1) is 11.3 Å². The van der Waals surface area contributed by atoms with Crippen molar-refractivity contribution in [3.05, 3.63) is 16.1 Å². The largest absolute Gasteiger partial charge is 0.370 e. The zero-order valence-electron chi connectivity index (χ0n) is 8.64. The fourth-order valence-corrected chi connectivity index (χ4v) is 1.77. The van der Waals surface area contributed by atoms with E-state index in [1.807, 2.05) is 13.8 Å². The van der Waals surface area contributed by atoms with Crippen LogP contribution in [-0.4, -0.2) is 16.9 Å². The first-order chi connectivity index (χ1) is 6.99. The van der Waals surface area contributed by atoms with Gasteiger partial charge in [-0.05, 0) is 13.8 Å². The fourth-order valence-electron chi connectivity index (χ4n) is 0.994. The molecule has 1 rings (SSSR count). The van der Waals surface area contributed by atoms with Crippen LogP contribution in [-0.2, 0) is 0 Å². The maximum Gasteiger partial charge on any atom is 0.219 e. The summed E-state index contributed by atoms with van der Waals surface area (Å²) in [6.45, 7) is 3.84. The van der Waals surface area contributed by atoms with Crippen molar-refractivity contribution in [3.8, 4) is 0 Å². The Kier molecular flexibility index (Phi) is 3.62. The lowest BCUT2D eigenvalue weighted by Gasteiger charge is -2.02. The molecule has 6 nitrogen and oxygen atoms in total. The van der Waals surface area contributed by atoms with Crippen LogP contribution in [0.3, 0.4) is 0 Å². The van der Waals surface area contributed by atoms with Crippen LogP contribution in [0.4, 0.5) is 0 Å². The van der Waals surface area contributed by atoms with Crippen LogP contribution in [0, 0.1) is 6.92 Å². The second kappa shape index (κ2) is 4.74. The lowest BCUT2D eigenvalue weighted by atomic mass is 10.3. The van der Waals surface area contributed by atoms with Gasteiger partial charge in [-0.3, -0.25) is 0 Å². The van der Waals surface area contributed by atoms with Gasteiger partial charge in [0.1, 0.15) is 0 Å². The number of nitrogens with zero attached hydrogens (tertiary/aromatic N) is 3. The summed E-state index contributed by atoms with van der Waals surface area (Å²) >= 11 is 1.57. The Morgan fingerprint density at radius 2 is 2.13 bits per heavy atom. The van der Waals surface area contributed by atoms with Gasteiger partial charge in [0.15, 0.2) is 5.96 Å². The molecule has 0 aliphatic carbocycles. The van der Waals surface area contributed by atoms with Gasteiger partial charge in [0, 0.05) is 11.1 Å². The van der Waals surface area contributed by atoms with Crippen molar-refractivity contribution in [2.45, 2.75) is 19.9 Å². The van der Waals surface area contributed by atoms with Crippen molar-refractivity contribution in [2.24, 2.45) is 27.2 Å². The van der Waals surface area contributed by atoms with Gasteiger partial charge in [0.2, 0.25) is 5.96 Å². The first-order valence-corrected chi connectivity index (χ1v) is 5.16. The molecule has 1 atom stereocenters. The molecule has 0 aromatic carbocycles. The summed E-state index contributed by atoms with van der Waals surface area (Å²) in [4.78, 5) is 12.9. The summed E-state index contributed by atoms with van der Waals surface area (Å²) in [5.41, 5.74) is 15.8. The monoisotopic (exact) mass is 226 g/mol. The molecular formula is C8H14N6S. The highest BCUT2D eigenvalue weighted by Gasteiger charge is 2.07. The number of guanidine groups is 2. The molecule has 0 aliphatic rings. The quantitative estimate of drug-likeness (QED) is 0.490. The summed E-state index contributed by atoms with van der Waals surface area (Å²) in [6.07, 6.45) is 1.77. The Balaban J connectivity index is 2.78. The van der Waals surface area contributed by atoms with E-state index >= 15 is 0 Å². The standard InChI is InChI=1S/C8H14N6S/c1-4(6-3-12-5(2)15-6)13-8(11)14-7(9)10/h3-4H,1-2H3,(H6,9,10,11,13,14). The number of rotatable bonds is 2. The summed E-state index contributed by atoms with van der Waals surface area (Å²) in [5, 5.41) is 0.993. The average molecular weight is 226 g/mol. The van der Waals surface area contributed by atoms with Gasteiger partial charge >= 0.3 is 0 Å². The third kappa shape index (κ3) is 3.55. The number of aryl methyl sites for hydroxylation is 1. The minimum atomic E-state index is -0.0936. The van der Waals surface area contributed by atoms with Gasteiger partial charge in [0.25, 0.3) is 0 Å². The second-order valence-electron chi connectivity index (χ2n) is 2.98. The van der Waals surface area contributed by atoms with Gasteiger partial charge in [-0.2, -0.15) is 4.99 Å². The molecule has 6 N–H and O–H groups in total. The van der Waals surface area contributed by atoms with E-state index in [4.69, 9.17) is 17.2 Å². The van der Waals surface area contributed by atoms with Crippen LogP contribution in [0.5, 0.6) is 0 Å². The smallest absolute Gasteiger partial charge is 0.219 e. The van der Waals surface area contributed by atoms with E-state index in [2.05, 4.69) is 15.0 Å². The Morgan fingerprint density at radius 1 is 1.47 bits per heavy atom. The van der Waals surface area contributed by atoms with Gasteiger partial charge in [-0.25, -0.2) is 9.98 Å². The number of hydrogen-bond acceptors (Lipinski definition) is 3. The SMILES string of the molecule is Cc1ncc(C(C)N=C(N)N=C(N)N)s1. The van der Waals surface area contributed by atoms with Gasteiger partial charge in [-0.1, -0.05) is 0 Å². The molecule has 1 heterocycles. The molecular weight excluding hydrogens is 212 g/mol. The molecule has 0 saturated heterocycles. The van der Waals surface area contributed by atoms with Crippen LogP contribution >= 0.6 is 11.3 Å².